The van der Waals surface area contributed by atoms with E-state index in [-0.39, 0.29) is 0 Å². The molecule has 2 aliphatic rings. The first-order chi connectivity index (χ1) is 18.8. The van der Waals surface area contributed by atoms with Crippen LogP contribution in [0.2, 0.25) is 0 Å². The van der Waals surface area contributed by atoms with E-state index >= 15 is 0 Å². The summed E-state index contributed by atoms with van der Waals surface area (Å²) >= 11 is 0. The number of benzene rings is 4. The molecule has 4 heteroatoms. The van der Waals surface area contributed by atoms with E-state index in [1.807, 2.05) is 36.4 Å². The second-order valence-electron chi connectivity index (χ2n) is 8.92. The molecule has 0 fully saturated rings. The molecule has 2 aliphatic heterocycles. The molecule has 2 nitrogen and oxygen atoms in total. The molecule has 0 aromatic heterocycles. The predicted molar refractivity (Wildman–Crippen MR) is 161 cm³/mol. The molecule has 38 heavy (non-hydrogen) atoms. The smallest absolute Gasteiger partial charge is 0.215 e. The summed E-state index contributed by atoms with van der Waals surface area (Å²) in [6.07, 6.45) is 11.8. The van der Waals surface area contributed by atoms with Crippen LogP contribution in [0.1, 0.15) is 22.3 Å². The number of rotatable bonds is 7. The van der Waals surface area contributed by atoms with Crippen LogP contribution in [0.3, 0.4) is 0 Å². The first kappa shape index (κ1) is 24.5. The van der Waals surface area contributed by atoms with Crippen molar-refractivity contribution >= 4 is 32.7 Å². The Labute approximate surface area is 231 Å². The molecule has 2 unspecified atom stereocenters. The van der Waals surface area contributed by atoms with Gasteiger partial charge in [-0.05, 0) is 44.9 Å². The highest BCUT2D eigenvalue weighted by molar-refractivity contribution is 8.77. The number of allylic oxidation sites excluding steroid dienone is 4. The summed E-state index contributed by atoms with van der Waals surface area (Å²) in [6, 6.07) is 41.8. The van der Waals surface area contributed by atoms with Crippen LogP contribution >= 0.6 is 21.6 Å². The minimum Gasteiger partial charge on any atom is -0.475 e. The average molecular weight is 531 g/mol. The molecule has 2 atom stereocenters. The zero-order chi connectivity index (χ0) is 25.7. The highest BCUT2D eigenvalue weighted by Gasteiger charge is 2.48. The van der Waals surface area contributed by atoms with Crippen LogP contribution in [-0.2, 0) is 19.3 Å². The summed E-state index contributed by atoms with van der Waals surface area (Å²) in [5, 5.41) is 0. The Morgan fingerprint density at radius 1 is 0.421 bits per heavy atom. The number of hydrogen-bond acceptors (Lipinski definition) is 4. The molecule has 2 heterocycles. The maximum Gasteiger partial charge on any atom is 0.215 e. The monoisotopic (exact) mass is 530 g/mol. The van der Waals surface area contributed by atoms with Gasteiger partial charge in [-0.2, -0.15) is 0 Å². The van der Waals surface area contributed by atoms with E-state index in [4.69, 9.17) is 9.47 Å². The first-order valence-electron chi connectivity index (χ1n) is 12.5. The average Bonchev–Trinajstić information content (AvgIpc) is 3.02. The van der Waals surface area contributed by atoms with Crippen LogP contribution in [-0.4, -0.2) is 0 Å². The van der Waals surface area contributed by atoms with E-state index in [2.05, 4.69) is 109 Å². The largest absolute Gasteiger partial charge is 0.475 e. The van der Waals surface area contributed by atoms with Gasteiger partial charge in [-0.3, -0.25) is 0 Å². The Bertz CT molecular complexity index is 1380. The van der Waals surface area contributed by atoms with Crippen LogP contribution in [0.15, 0.2) is 158 Å². The van der Waals surface area contributed by atoms with Crippen molar-refractivity contribution in [2.24, 2.45) is 0 Å². The van der Waals surface area contributed by atoms with Crippen molar-refractivity contribution in [1.82, 2.24) is 0 Å². The Morgan fingerprint density at radius 2 is 0.763 bits per heavy atom. The second-order valence-corrected chi connectivity index (χ2v) is 11.4. The van der Waals surface area contributed by atoms with Gasteiger partial charge in [-0.25, -0.2) is 0 Å². The normalized spacial score (nSPS) is 22.1. The van der Waals surface area contributed by atoms with Crippen LogP contribution in [0.4, 0.5) is 0 Å². The van der Waals surface area contributed by atoms with Crippen molar-refractivity contribution in [3.8, 4) is 0 Å². The Kier molecular flexibility index (Phi) is 7.00. The third-order valence-corrected chi connectivity index (χ3v) is 9.93. The van der Waals surface area contributed by atoms with Gasteiger partial charge in [-0.1, -0.05) is 133 Å². The summed E-state index contributed by atoms with van der Waals surface area (Å²) in [7, 11) is 3.35. The lowest BCUT2D eigenvalue weighted by molar-refractivity contribution is 0.158. The van der Waals surface area contributed by atoms with Gasteiger partial charge in [0.2, 0.25) is 9.87 Å². The van der Waals surface area contributed by atoms with Crippen molar-refractivity contribution in [3.63, 3.8) is 0 Å². The fourth-order valence-electron chi connectivity index (χ4n) is 4.80. The molecule has 0 saturated carbocycles. The quantitative estimate of drug-likeness (QED) is 0.222. The molecule has 0 saturated heterocycles. The Balaban J connectivity index is 1.49. The highest BCUT2D eigenvalue weighted by Crippen LogP contribution is 2.63. The van der Waals surface area contributed by atoms with Crippen molar-refractivity contribution < 1.29 is 9.47 Å². The summed E-state index contributed by atoms with van der Waals surface area (Å²) in [4.78, 5) is -1.59. The third kappa shape index (κ3) is 4.51. The van der Waals surface area contributed by atoms with Gasteiger partial charge in [0.1, 0.15) is 0 Å². The van der Waals surface area contributed by atoms with Crippen molar-refractivity contribution in [1.29, 1.82) is 0 Å². The molecular weight excluding hydrogens is 505 g/mol. The van der Waals surface area contributed by atoms with Crippen LogP contribution in [0, 0.1) is 0 Å². The molecular formula is C34H26O2S2. The van der Waals surface area contributed by atoms with Crippen LogP contribution in [0.5, 0.6) is 0 Å². The van der Waals surface area contributed by atoms with E-state index in [0.717, 1.165) is 33.4 Å². The van der Waals surface area contributed by atoms with Crippen LogP contribution < -0.4 is 0 Å². The maximum atomic E-state index is 6.63. The molecule has 0 amide bonds. The molecule has 0 aliphatic carbocycles. The lowest BCUT2D eigenvalue weighted by Crippen LogP contribution is -2.31. The molecule has 0 radical (unpaired) electrons. The van der Waals surface area contributed by atoms with E-state index < -0.39 is 9.87 Å². The van der Waals surface area contributed by atoms with Gasteiger partial charge >= 0.3 is 0 Å². The topological polar surface area (TPSA) is 18.5 Å². The van der Waals surface area contributed by atoms with Crippen molar-refractivity contribution in [2.75, 3.05) is 0 Å². The SMILES string of the molecule is C1=COC(SSC2(c3ccccc3)OC=CC=C2c2ccccc2)(c2ccccc2)C(c2ccccc2)=C1. The van der Waals surface area contributed by atoms with E-state index in [0.29, 0.717) is 0 Å². The van der Waals surface area contributed by atoms with Crippen molar-refractivity contribution in [2.45, 2.75) is 9.87 Å². The Hall–Kier alpha value is -3.86. The van der Waals surface area contributed by atoms with Crippen molar-refractivity contribution in [3.05, 3.63) is 180 Å². The summed E-state index contributed by atoms with van der Waals surface area (Å²) in [5.41, 5.74) is 6.54. The first-order valence-corrected chi connectivity index (χ1v) is 14.7. The summed E-state index contributed by atoms with van der Waals surface area (Å²) < 4.78 is 13.3. The number of ether oxygens (including phenoxy) is 2. The highest BCUT2D eigenvalue weighted by atomic mass is 33.1. The standard InChI is InChI=1S/C34H26O2S2/c1-5-15-27(16-6-1)31-23-13-25-35-33(31,29-19-9-3-10-20-29)37-38-34(30-21-11-4-12-22-30)32(24-14-26-36-34)28-17-7-2-8-18-28/h1-26H. The molecule has 6 rings (SSSR count). The maximum absolute atomic E-state index is 6.63. The summed E-state index contributed by atoms with van der Waals surface area (Å²) in [5.74, 6) is 0. The molecule has 0 N–H and O–H groups in total. The third-order valence-electron chi connectivity index (χ3n) is 6.61. The van der Waals surface area contributed by atoms with Gasteiger partial charge in [0.05, 0.1) is 12.5 Å². The number of hydrogen-bond donors (Lipinski definition) is 0. The summed E-state index contributed by atoms with van der Waals surface area (Å²) in [6.45, 7) is 0. The lowest BCUT2D eigenvalue weighted by atomic mass is 9.93. The zero-order valence-electron chi connectivity index (χ0n) is 20.6. The molecule has 0 spiro atoms. The molecule has 4 aromatic rings. The van der Waals surface area contributed by atoms with E-state index in [1.165, 1.54) is 0 Å². The fourth-order valence-corrected chi connectivity index (χ4v) is 8.30. The van der Waals surface area contributed by atoms with Crippen LogP contribution in [0.25, 0.3) is 11.1 Å². The van der Waals surface area contributed by atoms with E-state index in [9.17, 15) is 0 Å². The fraction of sp³-hybridized carbons (Fsp3) is 0.0588. The van der Waals surface area contributed by atoms with Gasteiger partial charge in [-0.15, -0.1) is 0 Å². The zero-order valence-corrected chi connectivity index (χ0v) is 22.3. The van der Waals surface area contributed by atoms with Gasteiger partial charge in [0, 0.05) is 22.3 Å². The molecule has 4 aromatic carbocycles. The minimum absolute atomic E-state index is 0.796. The lowest BCUT2D eigenvalue weighted by Gasteiger charge is -2.41. The van der Waals surface area contributed by atoms with Gasteiger partial charge < -0.3 is 9.47 Å². The van der Waals surface area contributed by atoms with Gasteiger partial charge in [0.15, 0.2) is 0 Å². The second kappa shape index (κ2) is 10.9. The Morgan fingerprint density at radius 3 is 1.13 bits per heavy atom. The minimum atomic E-state index is -0.796. The van der Waals surface area contributed by atoms with E-state index in [1.54, 1.807) is 34.1 Å². The predicted octanol–water partition coefficient (Wildman–Crippen LogP) is 9.33. The molecule has 0 bridgehead atoms. The molecule has 186 valence electrons. The van der Waals surface area contributed by atoms with Gasteiger partial charge in [0.25, 0.3) is 0 Å².